The number of carbonyl (C=O) groups excluding carboxylic acids is 2. The molecule has 0 saturated heterocycles. The maximum Gasteiger partial charge on any atom is 0.267 e. The fourth-order valence-corrected chi connectivity index (χ4v) is 3.81. The van der Waals surface area contributed by atoms with E-state index in [0.29, 0.717) is 52.9 Å². The van der Waals surface area contributed by atoms with E-state index >= 15 is 0 Å². The van der Waals surface area contributed by atoms with Gasteiger partial charge in [0.05, 0.1) is 24.6 Å². The Morgan fingerprint density at radius 1 is 1.10 bits per heavy atom. The summed E-state index contributed by atoms with van der Waals surface area (Å²) >= 11 is 0. The van der Waals surface area contributed by atoms with Crippen LogP contribution in [0.4, 0.5) is 0 Å². The number of aromatic nitrogens is 3. The third-order valence-electron chi connectivity index (χ3n) is 5.27. The summed E-state index contributed by atoms with van der Waals surface area (Å²) in [5.74, 6) is 0.860. The van der Waals surface area contributed by atoms with Crippen LogP contribution < -0.4 is 15.0 Å². The molecule has 3 aromatic rings. The maximum absolute atomic E-state index is 12.9. The Labute approximate surface area is 178 Å². The number of ether oxygens (including phenoxy) is 2. The van der Waals surface area contributed by atoms with E-state index in [0.717, 1.165) is 16.7 Å². The Morgan fingerprint density at radius 3 is 2.55 bits per heavy atom. The van der Waals surface area contributed by atoms with E-state index in [-0.39, 0.29) is 23.7 Å². The van der Waals surface area contributed by atoms with Crippen LogP contribution in [-0.2, 0) is 6.54 Å². The van der Waals surface area contributed by atoms with Crippen molar-refractivity contribution in [1.82, 2.24) is 14.8 Å². The Bertz CT molecular complexity index is 1240. The van der Waals surface area contributed by atoms with Gasteiger partial charge in [-0.1, -0.05) is 0 Å². The molecule has 0 saturated carbocycles. The van der Waals surface area contributed by atoms with Crippen LogP contribution in [0.5, 0.6) is 11.5 Å². The number of aryl methyl sites for hydroxylation is 1. The van der Waals surface area contributed by atoms with Crippen molar-refractivity contribution in [3.8, 4) is 22.8 Å². The molecular formula is C23H23N3O5. The van der Waals surface area contributed by atoms with Gasteiger partial charge in [0.2, 0.25) is 5.78 Å². The smallest absolute Gasteiger partial charge is 0.267 e. The van der Waals surface area contributed by atoms with Crippen LogP contribution in [0, 0.1) is 13.8 Å². The Hall–Kier alpha value is -3.68. The molecule has 0 unspecified atom stereocenters. The molecule has 1 aliphatic heterocycles. The molecule has 2 aromatic heterocycles. The molecule has 3 heterocycles. The van der Waals surface area contributed by atoms with Gasteiger partial charge in [-0.05, 0) is 50.6 Å². The van der Waals surface area contributed by atoms with Crippen LogP contribution in [0.1, 0.15) is 45.4 Å². The number of rotatable bonds is 5. The fraction of sp³-hybridized carbons (Fsp3) is 0.304. The molecule has 1 aliphatic rings. The molecular weight excluding hydrogens is 398 g/mol. The van der Waals surface area contributed by atoms with E-state index in [1.165, 1.54) is 13.0 Å². The number of hydrogen-bond donors (Lipinski definition) is 1. The van der Waals surface area contributed by atoms with Gasteiger partial charge in [0.1, 0.15) is 6.54 Å². The van der Waals surface area contributed by atoms with E-state index < -0.39 is 0 Å². The Kier molecular flexibility index (Phi) is 5.46. The molecule has 4 rings (SSSR count). The first-order valence-electron chi connectivity index (χ1n) is 10.1. The van der Waals surface area contributed by atoms with E-state index in [1.807, 2.05) is 18.2 Å². The number of hydrogen-bond acceptors (Lipinski definition) is 6. The first-order valence-corrected chi connectivity index (χ1v) is 10.1. The zero-order chi connectivity index (χ0) is 22.1. The van der Waals surface area contributed by atoms with Crippen molar-refractivity contribution in [3.05, 3.63) is 63.2 Å². The van der Waals surface area contributed by atoms with Crippen LogP contribution in [0.2, 0.25) is 0 Å². The normalized spacial score (nSPS) is 13.0. The summed E-state index contributed by atoms with van der Waals surface area (Å²) in [6.07, 6.45) is 0.804. The van der Waals surface area contributed by atoms with Gasteiger partial charge >= 0.3 is 0 Å². The number of fused-ring (bicyclic) bond motifs is 1. The molecule has 0 amide bonds. The SMILES string of the molecule is CC(=O)c1c(C)[nH]c(C(=O)Cn2nc(-c3ccc4c(c3)OCCCO4)ccc2=O)c1C. The lowest BCUT2D eigenvalue weighted by Gasteiger charge is -2.10. The number of ketones is 2. The Balaban J connectivity index is 1.64. The fourth-order valence-electron chi connectivity index (χ4n) is 3.81. The van der Waals surface area contributed by atoms with Gasteiger partial charge in [0.25, 0.3) is 5.56 Å². The molecule has 0 bridgehead atoms. The number of nitrogens with zero attached hydrogens (tertiary/aromatic N) is 2. The maximum atomic E-state index is 12.9. The highest BCUT2D eigenvalue weighted by molar-refractivity contribution is 6.03. The van der Waals surface area contributed by atoms with Crippen molar-refractivity contribution in [3.63, 3.8) is 0 Å². The summed E-state index contributed by atoms with van der Waals surface area (Å²) in [7, 11) is 0. The summed E-state index contributed by atoms with van der Waals surface area (Å²) in [5.41, 5.74) is 2.93. The number of H-pyrrole nitrogens is 1. The molecule has 0 fully saturated rings. The topological polar surface area (TPSA) is 103 Å². The van der Waals surface area contributed by atoms with E-state index in [4.69, 9.17) is 9.47 Å². The zero-order valence-electron chi connectivity index (χ0n) is 17.7. The first-order chi connectivity index (χ1) is 14.8. The number of carbonyl (C=O) groups is 2. The summed E-state index contributed by atoms with van der Waals surface area (Å²) < 4.78 is 12.5. The second kappa shape index (κ2) is 8.22. The predicted molar refractivity (Wildman–Crippen MR) is 114 cm³/mol. The lowest BCUT2D eigenvalue weighted by molar-refractivity contribution is 0.0960. The lowest BCUT2D eigenvalue weighted by atomic mass is 10.1. The second-order valence-electron chi connectivity index (χ2n) is 7.53. The molecule has 0 aliphatic carbocycles. The standard InChI is InChI=1S/C23H23N3O5/c1-13-22(15(3)27)14(2)24-23(13)18(28)12-26-21(29)8-6-17(25-26)16-5-7-19-20(11-16)31-10-4-9-30-19/h5-8,11,24H,4,9-10,12H2,1-3H3. The molecule has 8 heteroatoms. The first kappa shape index (κ1) is 20.6. The zero-order valence-corrected chi connectivity index (χ0v) is 17.7. The van der Waals surface area contributed by atoms with Gasteiger partial charge < -0.3 is 14.5 Å². The number of benzene rings is 1. The van der Waals surface area contributed by atoms with Crippen molar-refractivity contribution < 1.29 is 19.1 Å². The van der Waals surface area contributed by atoms with Crippen molar-refractivity contribution in [2.45, 2.75) is 33.7 Å². The summed E-state index contributed by atoms with van der Waals surface area (Å²) in [4.78, 5) is 40.0. The number of nitrogens with one attached hydrogen (secondary N) is 1. The number of Topliss-reactive ketones (excluding diaryl/α,β-unsaturated/α-hetero) is 2. The molecule has 1 N–H and O–H groups in total. The monoisotopic (exact) mass is 421 g/mol. The van der Waals surface area contributed by atoms with Crippen molar-refractivity contribution in [2.24, 2.45) is 0 Å². The minimum Gasteiger partial charge on any atom is -0.490 e. The van der Waals surface area contributed by atoms with Crippen molar-refractivity contribution in [1.29, 1.82) is 0 Å². The summed E-state index contributed by atoms with van der Waals surface area (Å²) in [6, 6.07) is 8.46. The molecule has 8 nitrogen and oxygen atoms in total. The van der Waals surface area contributed by atoms with Crippen LogP contribution in [-0.4, -0.2) is 39.5 Å². The lowest BCUT2D eigenvalue weighted by Crippen LogP contribution is -2.26. The van der Waals surface area contributed by atoms with Crippen LogP contribution in [0.15, 0.2) is 35.1 Å². The van der Waals surface area contributed by atoms with E-state index in [1.54, 1.807) is 19.9 Å². The average Bonchev–Trinajstić information content (AvgIpc) is 2.89. The number of aromatic amines is 1. The van der Waals surface area contributed by atoms with Crippen LogP contribution >= 0.6 is 0 Å². The van der Waals surface area contributed by atoms with Gasteiger partial charge in [0, 0.05) is 29.3 Å². The second-order valence-corrected chi connectivity index (χ2v) is 7.53. The van der Waals surface area contributed by atoms with Crippen LogP contribution in [0.25, 0.3) is 11.3 Å². The third-order valence-corrected chi connectivity index (χ3v) is 5.27. The summed E-state index contributed by atoms with van der Waals surface area (Å²) in [5, 5.41) is 4.38. The largest absolute Gasteiger partial charge is 0.490 e. The molecule has 160 valence electrons. The highest BCUT2D eigenvalue weighted by atomic mass is 16.5. The van der Waals surface area contributed by atoms with Gasteiger partial charge in [-0.15, -0.1) is 0 Å². The average molecular weight is 421 g/mol. The molecule has 0 radical (unpaired) electrons. The Morgan fingerprint density at radius 2 is 1.84 bits per heavy atom. The van der Waals surface area contributed by atoms with E-state index in [2.05, 4.69) is 10.1 Å². The molecule has 0 spiro atoms. The quantitative estimate of drug-likeness (QED) is 0.635. The molecule has 0 atom stereocenters. The van der Waals surface area contributed by atoms with Gasteiger partial charge in [0.15, 0.2) is 17.3 Å². The summed E-state index contributed by atoms with van der Waals surface area (Å²) in [6.45, 7) is 5.85. The van der Waals surface area contributed by atoms with Gasteiger partial charge in [-0.25, -0.2) is 4.68 Å². The molecule has 31 heavy (non-hydrogen) atoms. The van der Waals surface area contributed by atoms with Gasteiger partial charge in [-0.2, -0.15) is 5.10 Å². The van der Waals surface area contributed by atoms with Gasteiger partial charge in [-0.3, -0.25) is 14.4 Å². The highest BCUT2D eigenvalue weighted by Crippen LogP contribution is 2.33. The minimum atomic E-state index is -0.390. The van der Waals surface area contributed by atoms with Crippen LogP contribution in [0.3, 0.4) is 0 Å². The highest BCUT2D eigenvalue weighted by Gasteiger charge is 2.21. The third kappa shape index (κ3) is 4.01. The predicted octanol–water partition coefficient (Wildman–Crippen LogP) is 3.10. The minimum absolute atomic E-state index is 0.114. The molecule has 1 aromatic carbocycles. The van der Waals surface area contributed by atoms with Crippen molar-refractivity contribution >= 4 is 11.6 Å². The van der Waals surface area contributed by atoms with E-state index in [9.17, 15) is 14.4 Å². The van der Waals surface area contributed by atoms with Crippen molar-refractivity contribution in [2.75, 3.05) is 13.2 Å².